The number of benzene rings is 3. The first-order valence-electron chi connectivity index (χ1n) is 8.30. The van der Waals surface area contributed by atoms with Crippen molar-refractivity contribution in [2.75, 3.05) is 5.43 Å². The third-order valence-corrected chi connectivity index (χ3v) is 4.37. The maximum Gasteiger partial charge on any atom is 0.335 e. The van der Waals surface area contributed by atoms with Crippen molar-refractivity contribution in [2.45, 2.75) is 6.61 Å². The van der Waals surface area contributed by atoms with Crippen LogP contribution in [-0.2, 0) is 6.61 Å². The van der Waals surface area contributed by atoms with Crippen molar-refractivity contribution in [2.24, 2.45) is 5.10 Å². The van der Waals surface area contributed by atoms with Gasteiger partial charge in [0.05, 0.1) is 17.5 Å². The molecule has 3 rings (SSSR count). The number of anilines is 1. The van der Waals surface area contributed by atoms with Gasteiger partial charge in [-0.1, -0.05) is 47.5 Å². The molecular weight excluding hydrogens is 399 g/mol. The van der Waals surface area contributed by atoms with E-state index in [1.807, 2.05) is 30.3 Å². The van der Waals surface area contributed by atoms with Crippen molar-refractivity contribution in [1.82, 2.24) is 0 Å². The van der Waals surface area contributed by atoms with E-state index < -0.39 is 5.97 Å². The average Bonchev–Trinajstić information content (AvgIpc) is 2.68. The van der Waals surface area contributed by atoms with E-state index in [9.17, 15) is 4.79 Å². The summed E-state index contributed by atoms with van der Waals surface area (Å²) in [6.07, 6.45) is 1.62. The summed E-state index contributed by atoms with van der Waals surface area (Å²) in [6.45, 7) is 0.316. The predicted octanol–water partition coefficient (Wildman–Crippen LogP) is 5.72. The molecule has 0 heterocycles. The molecule has 0 spiro atoms. The zero-order valence-corrected chi connectivity index (χ0v) is 16.1. The Morgan fingerprint density at radius 2 is 1.89 bits per heavy atom. The second kappa shape index (κ2) is 9.26. The van der Waals surface area contributed by atoms with Gasteiger partial charge in [0.15, 0.2) is 0 Å². The van der Waals surface area contributed by atoms with E-state index in [2.05, 4.69) is 10.5 Å². The summed E-state index contributed by atoms with van der Waals surface area (Å²) in [5, 5.41) is 14.3. The number of carbonyl (C=O) groups is 1. The number of rotatable bonds is 7. The summed E-state index contributed by atoms with van der Waals surface area (Å²) in [4.78, 5) is 11.0. The van der Waals surface area contributed by atoms with Gasteiger partial charge in [-0.2, -0.15) is 5.10 Å². The zero-order valence-electron chi connectivity index (χ0n) is 14.6. The van der Waals surface area contributed by atoms with Gasteiger partial charge in [-0.15, -0.1) is 0 Å². The second-order valence-electron chi connectivity index (χ2n) is 5.85. The van der Waals surface area contributed by atoms with Crippen LogP contribution >= 0.6 is 23.2 Å². The molecule has 0 amide bonds. The van der Waals surface area contributed by atoms with E-state index in [0.717, 1.165) is 11.1 Å². The van der Waals surface area contributed by atoms with Gasteiger partial charge < -0.3 is 9.84 Å². The first kappa shape index (κ1) is 19.7. The molecule has 0 saturated carbocycles. The quantitative estimate of drug-likeness (QED) is 0.383. The monoisotopic (exact) mass is 414 g/mol. The number of aromatic carboxylic acids is 1. The highest BCUT2D eigenvalue weighted by Gasteiger charge is 2.04. The van der Waals surface area contributed by atoms with Gasteiger partial charge >= 0.3 is 5.97 Å². The fourth-order valence-corrected chi connectivity index (χ4v) is 2.85. The van der Waals surface area contributed by atoms with Crippen molar-refractivity contribution in [3.8, 4) is 5.75 Å². The third-order valence-electron chi connectivity index (χ3n) is 3.78. The topological polar surface area (TPSA) is 70.9 Å². The Bertz CT molecular complexity index is 1020. The lowest BCUT2D eigenvalue weighted by atomic mass is 10.2. The van der Waals surface area contributed by atoms with Crippen LogP contribution in [0, 0.1) is 0 Å². The Kier molecular flexibility index (Phi) is 6.53. The zero-order chi connectivity index (χ0) is 19.9. The number of nitrogens with one attached hydrogen (secondary N) is 1. The summed E-state index contributed by atoms with van der Waals surface area (Å²) in [7, 11) is 0. The highest BCUT2D eigenvalue weighted by Crippen LogP contribution is 2.23. The van der Waals surface area contributed by atoms with Crippen LogP contribution < -0.4 is 10.2 Å². The van der Waals surface area contributed by atoms with Crippen LogP contribution in [0.5, 0.6) is 5.75 Å². The van der Waals surface area contributed by atoms with Gasteiger partial charge in [0.25, 0.3) is 0 Å². The molecule has 7 heteroatoms. The molecule has 0 radical (unpaired) electrons. The van der Waals surface area contributed by atoms with Gasteiger partial charge in [0.2, 0.25) is 0 Å². The molecule has 0 aliphatic rings. The first-order chi connectivity index (χ1) is 13.5. The molecule has 0 aromatic heterocycles. The van der Waals surface area contributed by atoms with Gasteiger partial charge in [-0.25, -0.2) is 4.79 Å². The lowest BCUT2D eigenvalue weighted by Crippen LogP contribution is -1.98. The Labute approximate surface area is 172 Å². The lowest BCUT2D eigenvalue weighted by molar-refractivity contribution is 0.0697. The van der Waals surface area contributed by atoms with E-state index in [0.29, 0.717) is 28.1 Å². The average molecular weight is 415 g/mol. The van der Waals surface area contributed by atoms with Crippen molar-refractivity contribution in [1.29, 1.82) is 0 Å². The predicted molar refractivity (Wildman–Crippen MR) is 112 cm³/mol. The van der Waals surface area contributed by atoms with Gasteiger partial charge in [0, 0.05) is 15.6 Å². The summed E-state index contributed by atoms with van der Waals surface area (Å²) in [5.41, 5.74) is 5.25. The summed E-state index contributed by atoms with van der Waals surface area (Å²) in [6, 6.07) is 19.1. The van der Waals surface area contributed by atoms with Crippen molar-refractivity contribution >= 4 is 41.1 Å². The highest BCUT2D eigenvalue weighted by atomic mass is 35.5. The van der Waals surface area contributed by atoms with E-state index in [1.165, 1.54) is 12.1 Å². The Hall–Kier alpha value is -3.02. The SMILES string of the molecule is O=C(O)c1cccc(NN=Cc2cccc(OCc3ccc(Cl)cc3Cl)c2)c1. The third kappa shape index (κ3) is 5.49. The van der Waals surface area contributed by atoms with Crippen LogP contribution in [0.3, 0.4) is 0 Å². The van der Waals surface area contributed by atoms with E-state index in [4.69, 9.17) is 33.0 Å². The molecular formula is C21H16Cl2N2O3. The van der Waals surface area contributed by atoms with Crippen LogP contribution in [0.25, 0.3) is 0 Å². The minimum absolute atomic E-state index is 0.191. The van der Waals surface area contributed by atoms with Crippen molar-refractivity contribution in [3.63, 3.8) is 0 Å². The molecule has 0 atom stereocenters. The largest absolute Gasteiger partial charge is 0.489 e. The molecule has 0 unspecified atom stereocenters. The van der Waals surface area contributed by atoms with Gasteiger partial charge in [-0.05, 0) is 48.0 Å². The van der Waals surface area contributed by atoms with Crippen molar-refractivity contribution in [3.05, 3.63) is 93.5 Å². The second-order valence-corrected chi connectivity index (χ2v) is 6.70. The summed E-state index contributed by atoms with van der Waals surface area (Å²) < 4.78 is 5.79. The lowest BCUT2D eigenvalue weighted by Gasteiger charge is -2.08. The minimum Gasteiger partial charge on any atom is -0.489 e. The van der Waals surface area contributed by atoms with E-state index in [-0.39, 0.29) is 5.56 Å². The van der Waals surface area contributed by atoms with E-state index >= 15 is 0 Å². The molecule has 142 valence electrons. The molecule has 0 saturated heterocycles. The molecule has 0 aliphatic carbocycles. The molecule has 0 fully saturated rings. The fraction of sp³-hybridized carbons (Fsp3) is 0.0476. The fourth-order valence-electron chi connectivity index (χ4n) is 2.39. The standard InChI is InChI=1S/C21H16Cl2N2O3/c22-17-8-7-16(20(23)11-17)13-28-19-6-1-3-14(9-19)12-24-25-18-5-2-4-15(10-18)21(26)27/h1-12,25H,13H2,(H,26,27). The number of carboxylic acids is 1. The first-order valence-corrected chi connectivity index (χ1v) is 9.06. The molecule has 0 aliphatic heterocycles. The highest BCUT2D eigenvalue weighted by molar-refractivity contribution is 6.35. The Morgan fingerprint density at radius 1 is 1.07 bits per heavy atom. The van der Waals surface area contributed by atoms with Gasteiger partial charge in [-0.3, -0.25) is 5.43 Å². The summed E-state index contributed by atoms with van der Waals surface area (Å²) in [5.74, 6) is -0.318. The van der Waals surface area contributed by atoms with Crippen LogP contribution in [0.15, 0.2) is 71.8 Å². The molecule has 0 bridgehead atoms. The smallest absolute Gasteiger partial charge is 0.335 e. The normalized spacial score (nSPS) is 10.8. The van der Waals surface area contributed by atoms with Gasteiger partial charge in [0.1, 0.15) is 12.4 Å². The molecule has 3 aromatic carbocycles. The maximum atomic E-state index is 11.0. The number of hydrazone groups is 1. The molecule has 5 nitrogen and oxygen atoms in total. The number of ether oxygens (including phenoxy) is 1. The number of hydrogen-bond donors (Lipinski definition) is 2. The number of carboxylic acid groups (broad SMARTS) is 1. The van der Waals surface area contributed by atoms with Crippen LogP contribution in [0.1, 0.15) is 21.5 Å². The van der Waals surface area contributed by atoms with Crippen LogP contribution in [0.2, 0.25) is 10.0 Å². The number of nitrogens with zero attached hydrogens (tertiary/aromatic N) is 1. The molecule has 3 aromatic rings. The Balaban J connectivity index is 1.62. The molecule has 28 heavy (non-hydrogen) atoms. The van der Waals surface area contributed by atoms with Crippen molar-refractivity contribution < 1.29 is 14.6 Å². The Morgan fingerprint density at radius 3 is 2.68 bits per heavy atom. The molecule has 2 N–H and O–H groups in total. The number of hydrogen-bond acceptors (Lipinski definition) is 4. The van der Waals surface area contributed by atoms with E-state index in [1.54, 1.807) is 30.5 Å². The summed E-state index contributed by atoms with van der Waals surface area (Å²) >= 11 is 12.1. The maximum absolute atomic E-state index is 11.0. The number of halogens is 2. The van der Waals surface area contributed by atoms with Crippen LogP contribution in [0.4, 0.5) is 5.69 Å². The minimum atomic E-state index is -0.988. The van der Waals surface area contributed by atoms with Crippen LogP contribution in [-0.4, -0.2) is 17.3 Å².